The fraction of sp³-hybridized carbons (Fsp3) is 0.450. The molecule has 0 radical (unpaired) electrons. The number of aromatic nitrogens is 2. The summed E-state index contributed by atoms with van der Waals surface area (Å²) in [5, 5.41) is 0.518. The lowest BCUT2D eigenvalue weighted by Crippen LogP contribution is -2.49. The van der Waals surface area contributed by atoms with Gasteiger partial charge in [-0.15, -0.1) is 0 Å². The quantitative estimate of drug-likeness (QED) is 0.752. The van der Waals surface area contributed by atoms with E-state index in [0.29, 0.717) is 55.7 Å². The number of morpholine rings is 1. The first-order valence-electron chi connectivity index (χ1n) is 9.68. The summed E-state index contributed by atoms with van der Waals surface area (Å²) in [6, 6.07) is 7.12. The molecule has 0 N–H and O–H groups in total. The largest absolute Gasteiger partial charge is 0.496 e. The third kappa shape index (κ3) is 4.38. The lowest BCUT2D eigenvalue weighted by Gasteiger charge is -2.36. The summed E-state index contributed by atoms with van der Waals surface area (Å²) >= 11 is 6.08. The monoisotopic (exact) mass is 417 g/mol. The molecule has 1 aromatic heterocycles. The van der Waals surface area contributed by atoms with Gasteiger partial charge in [-0.05, 0) is 18.2 Å². The van der Waals surface area contributed by atoms with Crippen molar-refractivity contribution in [3.8, 4) is 5.75 Å². The number of carbonyl (C=O) groups is 1. The summed E-state index contributed by atoms with van der Waals surface area (Å²) in [5.41, 5.74) is 0.491. The van der Waals surface area contributed by atoms with Gasteiger partial charge in [0.25, 0.3) is 5.91 Å². The lowest BCUT2D eigenvalue weighted by molar-refractivity contribution is 0.0743. The Balaban J connectivity index is 1.42. The minimum Gasteiger partial charge on any atom is -0.496 e. The lowest BCUT2D eigenvalue weighted by atomic mass is 10.1. The Hall–Kier alpha value is -2.58. The average Bonchev–Trinajstić information content (AvgIpc) is 2.79. The average molecular weight is 418 g/mol. The van der Waals surface area contributed by atoms with E-state index in [1.807, 2.05) is 11.0 Å². The van der Waals surface area contributed by atoms with Crippen LogP contribution in [0.1, 0.15) is 10.4 Å². The number of nitrogens with zero attached hydrogens (tertiary/aromatic N) is 5. The molecule has 9 heteroatoms. The fourth-order valence-corrected chi connectivity index (χ4v) is 3.80. The van der Waals surface area contributed by atoms with Crippen LogP contribution in [0.4, 0.5) is 11.6 Å². The number of amides is 1. The topological polar surface area (TPSA) is 71.0 Å². The van der Waals surface area contributed by atoms with E-state index in [4.69, 9.17) is 21.1 Å². The first-order valence-corrected chi connectivity index (χ1v) is 10.1. The van der Waals surface area contributed by atoms with Crippen LogP contribution in [0.2, 0.25) is 5.02 Å². The number of carbonyl (C=O) groups excluding carboxylic acids is 1. The van der Waals surface area contributed by atoms with Crippen molar-refractivity contribution < 1.29 is 14.3 Å². The van der Waals surface area contributed by atoms with Crippen molar-refractivity contribution >= 4 is 29.1 Å². The maximum absolute atomic E-state index is 13.0. The van der Waals surface area contributed by atoms with Crippen LogP contribution in [0.5, 0.6) is 5.75 Å². The van der Waals surface area contributed by atoms with E-state index in [1.165, 1.54) is 0 Å². The zero-order valence-electron chi connectivity index (χ0n) is 16.4. The van der Waals surface area contributed by atoms with Crippen LogP contribution in [0.3, 0.4) is 0 Å². The smallest absolute Gasteiger partial charge is 0.257 e. The summed E-state index contributed by atoms with van der Waals surface area (Å²) in [4.78, 5) is 28.0. The van der Waals surface area contributed by atoms with Crippen molar-refractivity contribution in [2.75, 3.05) is 69.4 Å². The molecule has 0 bridgehead atoms. The number of halogens is 1. The van der Waals surface area contributed by atoms with Gasteiger partial charge in [0, 0.05) is 50.4 Å². The Bertz CT molecular complexity index is 867. The van der Waals surface area contributed by atoms with Gasteiger partial charge in [0.1, 0.15) is 23.7 Å². The van der Waals surface area contributed by atoms with Gasteiger partial charge >= 0.3 is 0 Å². The minimum absolute atomic E-state index is 0.0688. The van der Waals surface area contributed by atoms with Crippen LogP contribution in [0.15, 0.2) is 30.6 Å². The predicted molar refractivity (Wildman–Crippen MR) is 111 cm³/mol. The van der Waals surface area contributed by atoms with Crippen molar-refractivity contribution in [1.82, 2.24) is 14.9 Å². The van der Waals surface area contributed by atoms with Crippen LogP contribution >= 0.6 is 11.6 Å². The molecule has 3 heterocycles. The molecule has 0 spiro atoms. The third-order valence-electron chi connectivity index (χ3n) is 5.26. The molecule has 2 saturated heterocycles. The van der Waals surface area contributed by atoms with Gasteiger partial charge in [-0.3, -0.25) is 4.79 Å². The van der Waals surface area contributed by atoms with Crippen LogP contribution in [-0.4, -0.2) is 80.4 Å². The van der Waals surface area contributed by atoms with Crippen LogP contribution in [-0.2, 0) is 4.74 Å². The van der Waals surface area contributed by atoms with E-state index >= 15 is 0 Å². The predicted octanol–water partition coefficient (Wildman–Crippen LogP) is 1.94. The molecule has 0 atom stereocenters. The second kappa shape index (κ2) is 8.84. The Morgan fingerprint density at radius 2 is 1.66 bits per heavy atom. The molecule has 2 aromatic rings. The van der Waals surface area contributed by atoms with Gasteiger partial charge < -0.3 is 24.2 Å². The number of methoxy groups -OCH3 is 1. The van der Waals surface area contributed by atoms with Gasteiger partial charge in [-0.25, -0.2) is 9.97 Å². The molecule has 2 aliphatic rings. The third-order valence-corrected chi connectivity index (χ3v) is 5.49. The highest BCUT2D eigenvalue weighted by molar-refractivity contribution is 6.31. The van der Waals surface area contributed by atoms with Gasteiger partial charge in [0.05, 0.1) is 25.9 Å². The molecule has 4 rings (SSSR count). The van der Waals surface area contributed by atoms with Crippen molar-refractivity contribution in [2.45, 2.75) is 0 Å². The van der Waals surface area contributed by atoms with Gasteiger partial charge in [0.15, 0.2) is 0 Å². The maximum atomic E-state index is 13.0. The van der Waals surface area contributed by atoms with E-state index < -0.39 is 0 Å². The maximum Gasteiger partial charge on any atom is 0.257 e. The number of benzene rings is 1. The highest BCUT2D eigenvalue weighted by atomic mass is 35.5. The van der Waals surface area contributed by atoms with Gasteiger partial charge in [-0.2, -0.15) is 0 Å². The summed E-state index contributed by atoms with van der Waals surface area (Å²) in [5.74, 6) is 2.27. The summed E-state index contributed by atoms with van der Waals surface area (Å²) in [7, 11) is 1.55. The molecule has 8 nitrogen and oxygen atoms in total. The molecule has 154 valence electrons. The summed E-state index contributed by atoms with van der Waals surface area (Å²) in [6.45, 7) is 5.71. The van der Waals surface area contributed by atoms with Gasteiger partial charge in [0.2, 0.25) is 0 Å². The standard InChI is InChI=1S/C20H24ClN5O3/c1-28-17-3-2-15(21)12-16(17)20(27)26-6-4-24(5-7-26)18-13-19(23-14-22-18)25-8-10-29-11-9-25/h2-3,12-14H,4-11H2,1H3. The molecule has 1 aromatic carbocycles. The van der Waals surface area contributed by atoms with E-state index in [1.54, 1.807) is 31.6 Å². The number of hydrogen-bond donors (Lipinski definition) is 0. The van der Waals surface area contributed by atoms with Crippen molar-refractivity contribution in [1.29, 1.82) is 0 Å². The normalized spacial score (nSPS) is 17.4. The Kier molecular flexibility index (Phi) is 6.01. The SMILES string of the molecule is COc1ccc(Cl)cc1C(=O)N1CCN(c2cc(N3CCOCC3)ncn2)CC1. The van der Waals surface area contributed by atoms with E-state index in [2.05, 4.69) is 19.8 Å². The molecule has 29 heavy (non-hydrogen) atoms. The Morgan fingerprint density at radius 3 is 2.31 bits per heavy atom. The van der Waals surface area contributed by atoms with Crippen molar-refractivity contribution in [3.63, 3.8) is 0 Å². The van der Waals surface area contributed by atoms with Crippen LogP contribution in [0, 0.1) is 0 Å². The zero-order valence-corrected chi connectivity index (χ0v) is 17.1. The minimum atomic E-state index is -0.0688. The van der Waals surface area contributed by atoms with Crippen LogP contribution < -0.4 is 14.5 Å². The molecule has 2 fully saturated rings. The molecule has 0 unspecified atom stereocenters. The number of piperazine rings is 1. The van der Waals surface area contributed by atoms with E-state index in [9.17, 15) is 4.79 Å². The molecule has 2 aliphatic heterocycles. The van der Waals surface area contributed by atoms with Gasteiger partial charge in [-0.1, -0.05) is 11.6 Å². The van der Waals surface area contributed by atoms with Crippen molar-refractivity contribution in [2.24, 2.45) is 0 Å². The molecule has 0 aliphatic carbocycles. The molecule has 0 saturated carbocycles. The number of rotatable bonds is 4. The van der Waals surface area contributed by atoms with E-state index in [0.717, 1.165) is 24.7 Å². The summed E-state index contributed by atoms with van der Waals surface area (Å²) < 4.78 is 10.7. The number of ether oxygens (including phenoxy) is 2. The van der Waals surface area contributed by atoms with Crippen LogP contribution in [0.25, 0.3) is 0 Å². The second-order valence-electron chi connectivity index (χ2n) is 6.96. The highest BCUT2D eigenvalue weighted by Gasteiger charge is 2.25. The molecular formula is C20H24ClN5O3. The number of anilines is 2. The highest BCUT2D eigenvalue weighted by Crippen LogP contribution is 2.25. The first-order chi connectivity index (χ1) is 14.2. The zero-order chi connectivity index (χ0) is 20.2. The van der Waals surface area contributed by atoms with E-state index in [-0.39, 0.29) is 5.91 Å². The second-order valence-corrected chi connectivity index (χ2v) is 7.39. The summed E-state index contributed by atoms with van der Waals surface area (Å²) in [6.07, 6.45) is 1.61. The first kappa shape index (κ1) is 19.7. The Morgan fingerprint density at radius 1 is 1.00 bits per heavy atom. The fourth-order valence-electron chi connectivity index (χ4n) is 3.63. The molecule has 1 amide bonds. The number of hydrogen-bond acceptors (Lipinski definition) is 7. The van der Waals surface area contributed by atoms with Crippen molar-refractivity contribution in [3.05, 3.63) is 41.2 Å². The Labute approximate surface area is 175 Å². The molecular weight excluding hydrogens is 394 g/mol.